The molecule has 4 heteroatoms. The van der Waals surface area contributed by atoms with Gasteiger partial charge in [-0.25, -0.2) is 0 Å². The summed E-state index contributed by atoms with van der Waals surface area (Å²) in [7, 11) is -0.443. The molecule has 3 nitrogen and oxygen atoms in total. The minimum Gasteiger partial charge on any atom is -0.465 e. The topological polar surface area (TPSA) is 31.6 Å². The minimum absolute atomic E-state index is 0.369. The Morgan fingerprint density at radius 1 is 1.15 bits per heavy atom. The van der Waals surface area contributed by atoms with Crippen LogP contribution in [-0.2, 0) is 9.31 Å². The third kappa shape index (κ3) is 2.63. The maximum atomic E-state index is 6.11. The molecule has 1 aromatic rings. The maximum Gasteiger partial charge on any atom is 0.498 e. The van der Waals surface area contributed by atoms with Gasteiger partial charge in [0.25, 0.3) is 0 Å². The Morgan fingerprint density at radius 2 is 1.70 bits per heavy atom. The number of hydrogen-bond donors (Lipinski definition) is 0. The fourth-order valence-electron chi connectivity index (χ4n) is 2.11. The van der Waals surface area contributed by atoms with Crippen LogP contribution in [0, 0.1) is 0 Å². The Hall–Kier alpha value is -1.26. The van der Waals surface area contributed by atoms with Gasteiger partial charge in [0, 0.05) is 10.7 Å². The lowest BCUT2D eigenvalue weighted by molar-refractivity contribution is 0.00578. The Bertz CT molecular complexity index is 617. The van der Waals surface area contributed by atoms with E-state index in [4.69, 9.17) is 13.7 Å². The van der Waals surface area contributed by atoms with E-state index >= 15 is 0 Å². The first kappa shape index (κ1) is 15.1. The summed E-state index contributed by atoms with van der Waals surface area (Å²) < 4.78 is 17.8. The summed E-state index contributed by atoms with van der Waals surface area (Å²) in [6, 6.07) is 1.85. The van der Waals surface area contributed by atoms with Crippen molar-refractivity contribution in [2.45, 2.75) is 52.7 Å². The van der Waals surface area contributed by atoms with Crippen LogP contribution in [0.1, 0.15) is 41.5 Å². The fourth-order valence-corrected chi connectivity index (χ4v) is 2.11. The number of rotatable bonds is 2. The average Bonchev–Trinajstić information content (AvgIpc) is 2.78. The van der Waals surface area contributed by atoms with Crippen molar-refractivity contribution in [2.75, 3.05) is 0 Å². The highest BCUT2D eigenvalue weighted by Gasteiger charge is 2.52. The minimum atomic E-state index is -0.443. The molecule has 20 heavy (non-hydrogen) atoms. The van der Waals surface area contributed by atoms with Crippen LogP contribution in [0.4, 0.5) is 0 Å². The summed E-state index contributed by atoms with van der Waals surface area (Å²) in [4.78, 5) is 0. The van der Waals surface area contributed by atoms with E-state index < -0.39 is 7.12 Å². The van der Waals surface area contributed by atoms with Crippen LogP contribution < -0.4 is 10.6 Å². The third-order valence-electron chi connectivity index (χ3n) is 3.96. The Balaban J connectivity index is 2.56. The first-order valence-electron chi connectivity index (χ1n) is 6.91. The van der Waals surface area contributed by atoms with E-state index in [1.165, 1.54) is 0 Å². The second-order valence-electron chi connectivity index (χ2n) is 6.54. The quantitative estimate of drug-likeness (QED) is 0.776. The second-order valence-corrected chi connectivity index (χ2v) is 6.54. The molecule has 0 amide bonds. The molecule has 0 radical (unpaired) electrons. The summed E-state index contributed by atoms with van der Waals surface area (Å²) in [6.45, 7) is 16.2. The molecule has 1 aliphatic rings. The largest absolute Gasteiger partial charge is 0.498 e. The van der Waals surface area contributed by atoms with E-state index in [2.05, 4.69) is 6.58 Å². The highest BCUT2D eigenvalue weighted by Crippen LogP contribution is 2.38. The zero-order valence-electron chi connectivity index (χ0n) is 13.2. The van der Waals surface area contributed by atoms with Crippen molar-refractivity contribution in [1.82, 2.24) is 0 Å². The molecule has 2 heterocycles. The van der Waals surface area contributed by atoms with Gasteiger partial charge in [0.1, 0.15) is 5.42 Å². The van der Waals surface area contributed by atoms with Gasteiger partial charge in [-0.2, -0.15) is 0 Å². The molecule has 0 aliphatic carbocycles. The Labute approximate surface area is 121 Å². The molecule has 1 saturated heterocycles. The number of furan rings is 1. The molecule has 0 spiro atoms. The van der Waals surface area contributed by atoms with Crippen LogP contribution in [0.25, 0.3) is 12.1 Å². The summed E-state index contributed by atoms with van der Waals surface area (Å²) >= 11 is 0. The van der Waals surface area contributed by atoms with Crippen molar-refractivity contribution >= 4 is 19.2 Å². The van der Waals surface area contributed by atoms with Gasteiger partial charge in [-0.05, 0) is 47.6 Å². The van der Waals surface area contributed by atoms with Crippen molar-refractivity contribution in [3.05, 3.63) is 34.6 Å². The van der Waals surface area contributed by atoms with Crippen molar-refractivity contribution < 1.29 is 13.7 Å². The summed E-state index contributed by atoms with van der Waals surface area (Å²) in [5, 5.41) is 0.840. The number of hydrogen-bond acceptors (Lipinski definition) is 3. The zero-order valence-corrected chi connectivity index (χ0v) is 13.2. The molecule has 0 aromatic carbocycles. The molecule has 0 saturated carbocycles. The SMILES string of the molecule is C=c1cco/c1=C(/C=C(C)C)B1OC(C)(C)C(C)(C)O1. The lowest BCUT2D eigenvalue weighted by Crippen LogP contribution is -2.41. The highest BCUT2D eigenvalue weighted by atomic mass is 16.7. The van der Waals surface area contributed by atoms with Crippen LogP contribution in [0.5, 0.6) is 0 Å². The monoisotopic (exact) mass is 274 g/mol. The first-order chi connectivity index (χ1) is 9.14. The van der Waals surface area contributed by atoms with Gasteiger partial charge in [-0.3, -0.25) is 0 Å². The molecular weight excluding hydrogens is 251 g/mol. The molecule has 0 unspecified atom stereocenters. The van der Waals surface area contributed by atoms with E-state index in [0.717, 1.165) is 21.7 Å². The fraction of sp³-hybridized carbons (Fsp3) is 0.500. The van der Waals surface area contributed by atoms with Crippen molar-refractivity contribution in [1.29, 1.82) is 0 Å². The van der Waals surface area contributed by atoms with Gasteiger partial charge < -0.3 is 13.7 Å². The highest BCUT2D eigenvalue weighted by molar-refractivity contribution is 6.68. The Morgan fingerprint density at radius 3 is 2.10 bits per heavy atom. The molecule has 1 aromatic heterocycles. The van der Waals surface area contributed by atoms with Gasteiger partial charge in [-0.1, -0.05) is 18.2 Å². The first-order valence-corrected chi connectivity index (χ1v) is 6.91. The maximum absolute atomic E-state index is 6.11. The van der Waals surface area contributed by atoms with Gasteiger partial charge in [0.2, 0.25) is 0 Å². The van der Waals surface area contributed by atoms with Crippen LogP contribution in [0.2, 0.25) is 0 Å². The Kier molecular flexibility index (Phi) is 3.74. The smallest absolute Gasteiger partial charge is 0.465 e. The van der Waals surface area contributed by atoms with E-state index in [1.54, 1.807) is 6.26 Å². The van der Waals surface area contributed by atoms with Crippen molar-refractivity contribution in [3.63, 3.8) is 0 Å². The summed E-state index contributed by atoms with van der Waals surface area (Å²) in [6.07, 6.45) is 3.68. The molecule has 108 valence electrons. The molecule has 0 bridgehead atoms. The van der Waals surface area contributed by atoms with Crippen molar-refractivity contribution in [3.8, 4) is 0 Å². The van der Waals surface area contributed by atoms with E-state index in [0.29, 0.717) is 0 Å². The van der Waals surface area contributed by atoms with E-state index in [1.807, 2.05) is 53.7 Å². The van der Waals surface area contributed by atoms with Crippen LogP contribution >= 0.6 is 0 Å². The summed E-state index contributed by atoms with van der Waals surface area (Å²) in [5.41, 5.74) is 2.03. The molecule has 1 aliphatic heterocycles. The predicted molar refractivity (Wildman–Crippen MR) is 82.4 cm³/mol. The van der Waals surface area contributed by atoms with Crippen LogP contribution in [0.3, 0.4) is 0 Å². The molecular formula is C16H23BO3. The molecule has 1 fully saturated rings. The van der Waals surface area contributed by atoms with Crippen LogP contribution in [0.15, 0.2) is 28.4 Å². The van der Waals surface area contributed by atoms with Gasteiger partial charge >= 0.3 is 7.12 Å². The zero-order chi connectivity index (χ0) is 15.1. The van der Waals surface area contributed by atoms with Gasteiger partial charge in [-0.15, -0.1) is 0 Å². The molecule has 2 rings (SSSR count). The lowest BCUT2D eigenvalue weighted by atomic mass is 9.77. The lowest BCUT2D eigenvalue weighted by Gasteiger charge is -2.32. The molecule has 0 atom stereocenters. The van der Waals surface area contributed by atoms with E-state index in [9.17, 15) is 0 Å². The second kappa shape index (κ2) is 4.94. The molecule has 0 N–H and O–H groups in total. The van der Waals surface area contributed by atoms with Crippen molar-refractivity contribution in [2.24, 2.45) is 0 Å². The normalized spacial score (nSPS) is 21.8. The standard InChI is InChI=1S/C16H23BO3/c1-11(2)10-13(14-12(3)8-9-18-14)17-19-15(4,5)16(6,7)20-17/h8-10H,3H2,1-2,4-7H3/b14-13-. The summed E-state index contributed by atoms with van der Waals surface area (Å²) in [5.74, 6) is 0. The predicted octanol–water partition coefficient (Wildman–Crippen LogP) is 2.44. The van der Waals surface area contributed by atoms with Gasteiger partial charge in [0.15, 0.2) is 0 Å². The average molecular weight is 274 g/mol. The van der Waals surface area contributed by atoms with Gasteiger partial charge in [0.05, 0.1) is 17.5 Å². The number of allylic oxidation sites excluding steroid dienone is 2. The van der Waals surface area contributed by atoms with Crippen LogP contribution in [-0.4, -0.2) is 18.3 Å². The third-order valence-corrected chi connectivity index (χ3v) is 3.96. The van der Waals surface area contributed by atoms with E-state index in [-0.39, 0.29) is 11.2 Å².